The first kappa shape index (κ1) is 22.6. The number of nitrogens with zero attached hydrogens (tertiary/aromatic N) is 3. The molecule has 1 saturated heterocycles. The molecular formula is C26H26ClFN4O2. The number of carbonyl (C=O) groups excluding carboxylic acids is 2. The fourth-order valence-electron chi connectivity index (χ4n) is 5.34. The SMILES string of the molecule is O=C(NCc1ccc(-n2ccnc2)c(F)c1)C1CC2CCCCC2N1C(=O)c1cccc(Cl)c1. The van der Waals surface area contributed by atoms with Crippen LogP contribution in [0.4, 0.5) is 4.39 Å². The van der Waals surface area contributed by atoms with Crippen molar-refractivity contribution >= 4 is 23.4 Å². The van der Waals surface area contributed by atoms with Crippen LogP contribution in [0.2, 0.25) is 5.02 Å². The van der Waals surface area contributed by atoms with E-state index in [4.69, 9.17) is 11.6 Å². The van der Waals surface area contributed by atoms with E-state index in [1.807, 2.05) is 0 Å². The molecule has 1 aliphatic carbocycles. The Morgan fingerprint density at radius 2 is 2.00 bits per heavy atom. The van der Waals surface area contributed by atoms with E-state index in [1.165, 1.54) is 12.4 Å². The molecule has 34 heavy (non-hydrogen) atoms. The van der Waals surface area contributed by atoms with E-state index >= 15 is 0 Å². The number of halogens is 2. The number of fused-ring (bicyclic) bond motifs is 1. The Hall–Kier alpha value is -3.19. The molecule has 3 aromatic rings. The van der Waals surface area contributed by atoms with Gasteiger partial charge in [0.1, 0.15) is 11.9 Å². The lowest BCUT2D eigenvalue weighted by atomic mass is 9.84. The number of imidazole rings is 1. The average Bonchev–Trinajstić information content (AvgIpc) is 3.50. The number of nitrogens with one attached hydrogen (secondary N) is 1. The van der Waals surface area contributed by atoms with Gasteiger partial charge in [0.05, 0.1) is 12.0 Å². The molecule has 5 rings (SSSR count). The Morgan fingerprint density at radius 3 is 2.76 bits per heavy atom. The minimum absolute atomic E-state index is 0.0582. The monoisotopic (exact) mass is 480 g/mol. The predicted molar refractivity (Wildman–Crippen MR) is 127 cm³/mol. The molecule has 3 unspecified atom stereocenters. The molecule has 1 saturated carbocycles. The Balaban J connectivity index is 1.32. The van der Waals surface area contributed by atoms with Crippen LogP contribution in [0.5, 0.6) is 0 Å². The summed E-state index contributed by atoms with van der Waals surface area (Å²) in [6.45, 7) is 0.186. The largest absolute Gasteiger partial charge is 0.350 e. The van der Waals surface area contributed by atoms with Crippen molar-refractivity contribution in [2.45, 2.75) is 50.7 Å². The van der Waals surface area contributed by atoms with Crippen LogP contribution in [0.1, 0.15) is 48.0 Å². The Morgan fingerprint density at radius 1 is 1.15 bits per heavy atom. The zero-order valence-electron chi connectivity index (χ0n) is 18.7. The van der Waals surface area contributed by atoms with Crippen molar-refractivity contribution in [1.29, 1.82) is 0 Å². The summed E-state index contributed by atoms with van der Waals surface area (Å²) < 4.78 is 16.2. The summed E-state index contributed by atoms with van der Waals surface area (Å²) in [4.78, 5) is 32.5. The normalized spacial score (nSPS) is 21.8. The molecule has 2 aromatic carbocycles. The van der Waals surface area contributed by atoms with E-state index in [2.05, 4.69) is 10.3 Å². The highest BCUT2D eigenvalue weighted by Crippen LogP contribution is 2.40. The first-order valence-corrected chi connectivity index (χ1v) is 12.0. The molecule has 2 fully saturated rings. The van der Waals surface area contributed by atoms with Gasteiger partial charge in [-0.2, -0.15) is 0 Å². The summed E-state index contributed by atoms with van der Waals surface area (Å²) in [5, 5.41) is 3.43. The molecule has 1 aromatic heterocycles. The van der Waals surface area contributed by atoms with E-state index in [0.29, 0.717) is 34.2 Å². The lowest BCUT2D eigenvalue weighted by molar-refractivity contribution is -0.125. The molecule has 6 nitrogen and oxygen atoms in total. The van der Waals surface area contributed by atoms with Gasteiger partial charge < -0.3 is 14.8 Å². The van der Waals surface area contributed by atoms with Crippen molar-refractivity contribution < 1.29 is 14.0 Å². The highest BCUT2D eigenvalue weighted by atomic mass is 35.5. The molecule has 176 valence electrons. The smallest absolute Gasteiger partial charge is 0.254 e. The summed E-state index contributed by atoms with van der Waals surface area (Å²) in [5.41, 5.74) is 1.54. The molecule has 2 amide bonds. The van der Waals surface area contributed by atoms with E-state index in [-0.39, 0.29) is 24.4 Å². The van der Waals surface area contributed by atoms with E-state index in [0.717, 1.165) is 25.7 Å². The van der Waals surface area contributed by atoms with Crippen molar-refractivity contribution in [3.8, 4) is 5.69 Å². The molecule has 0 spiro atoms. The van der Waals surface area contributed by atoms with Gasteiger partial charge in [0.2, 0.25) is 5.91 Å². The lowest BCUT2D eigenvalue weighted by Gasteiger charge is -2.33. The third kappa shape index (κ3) is 4.44. The Bertz CT molecular complexity index is 1200. The van der Waals surface area contributed by atoms with Crippen LogP contribution >= 0.6 is 11.6 Å². The first-order valence-electron chi connectivity index (χ1n) is 11.6. The van der Waals surface area contributed by atoms with Gasteiger partial charge in [-0.25, -0.2) is 9.37 Å². The predicted octanol–water partition coefficient (Wildman–Crippen LogP) is 4.75. The number of likely N-dealkylation sites (tertiary alicyclic amines) is 1. The van der Waals surface area contributed by atoms with Crippen LogP contribution in [0, 0.1) is 11.7 Å². The first-order chi connectivity index (χ1) is 16.5. The number of carbonyl (C=O) groups is 2. The summed E-state index contributed by atoms with van der Waals surface area (Å²) in [6.07, 6.45) is 9.54. The van der Waals surface area contributed by atoms with E-state index in [1.54, 1.807) is 58.3 Å². The molecule has 2 aliphatic rings. The topological polar surface area (TPSA) is 67.2 Å². The number of amides is 2. The summed E-state index contributed by atoms with van der Waals surface area (Å²) >= 11 is 6.12. The summed E-state index contributed by atoms with van der Waals surface area (Å²) in [6, 6.07) is 11.2. The van der Waals surface area contributed by atoms with Gasteiger partial charge in [-0.05, 0) is 61.1 Å². The van der Waals surface area contributed by atoms with Crippen LogP contribution in [0.3, 0.4) is 0 Å². The van der Waals surface area contributed by atoms with Gasteiger partial charge in [0, 0.05) is 35.6 Å². The molecular weight excluding hydrogens is 455 g/mol. The molecule has 3 atom stereocenters. The van der Waals surface area contributed by atoms with Crippen molar-refractivity contribution in [2.24, 2.45) is 5.92 Å². The summed E-state index contributed by atoms with van der Waals surface area (Å²) in [5.74, 6) is -0.439. The zero-order valence-corrected chi connectivity index (χ0v) is 19.4. The van der Waals surface area contributed by atoms with Gasteiger partial charge in [-0.3, -0.25) is 9.59 Å². The van der Waals surface area contributed by atoms with E-state index < -0.39 is 11.9 Å². The lowest BCUT2D eigenvalue weighted by Crippen LogP contribution is -2.49. The number of rotatable bonds is 5. The quantitative estimate of drug-likeness (QED) is 0.572. The van der Waals surface area contributed by atoms with Gasteiger partial charge in [0.15, 0.2) is 0 Å². The highest BCUT2D eigenvalue weighted by molar-refractivity contribution is 6.31. The second kappa shape index (κ2) is 9.58. The van der Waals surface area contributed by atoms with Crippen LogP contribution < -0.4 is 5.32 Å². The third-order valence-corrected chi connectivity index (χ3v) is 7.19. The van der Waals surface area contributed by atoms with Crippen molar-refractivity contribution in [3.63, 3.8) is 0 Å². The van der Waals surface area contributed by atoms with Crippen molar-refractivity contribution in [1.82, 2.24) is 19.8 Å². The second-order valence-electron chi connectivity index (χ2n) is 9.06. The van der Waals surface area contributed by atoms with Crippen LogP contribution in [0.25, 0.3) is 5.69 Å². The van der Waals surface area contributed by atoms with Crippen LogP contribution in [-0.2, 0) is 11.3 Å². The minimum Gasteiger partial charge on any atom is -0.350 e. The molecule has 1 aliphatic heterocycles. The highest BCUT2D eigenvalue weighted by Gasteiger charge is 2.47. The number of benzene rings is 2. The average molecular weight is 481 g/mol. The minimum atomic E-state index is -0.547. The summed E-state index contributed by atoms with van der Waals surface area (Å²) in [7, 11) is 0. The van der Waals surface area contributed by atoms with Crippen LogP contribution in [-0.4, -0.2) is 38.3 Å². The molecule has 8 heteroatoms. The molecule has 2 heterocycles. The van der Waals surface area contributed by atoms with Gasteiger partial charge in [-0.15, -0.1) is 0 Å². The van der Waals surface area contributed by atoms with E-state index in [9.17, 15) is 14.0 Å². The van der Waals surface area contributed by atoms with Crippen molar-refractivity contribution in [3.05, 3.63) is 83.2 Å². The van der Waals surface area contributed by atoms with Gasteiger partial charge in [-0.1, -0.05) is 36.6 Å². The molecule has 0 radical (unpaired) electrons. The Kier molecular flexibility index (Phi) is 6.37. The second-order valence-corrected chi connectivity index (χ2v) is 9.50. The zero-order chi connectivity index (χ0) is 23.7. The molecule has 0 bridgehead atoms. The molecule has 1 N–H and O–H groups in total. The standard InChI is InChI=1S/C26H26ClFN4O2/c27-20-6-3-5-19(13-20)26(34)32-22-7-2-1-4-18(22)14-24(32)25(33)30-15-17-8-9-23(21(28)12-17)31-11-10-29-16-31/h3,5-6,8-13,16,18,22,24H,1-2,4,7,14-15H2,(H,30,33). The van der Waals surface area contributed by atoms with Crippen LogP contribution in [0.15, 0.2) is 61.2 Å². The van der Waals surface area contributed by atoms with Gasteiger partial charge >= 0.3 is 0 Å². The maximum Gasteiger partial charge on any atom is 0.254 e. The Labute approximate surface area is 202 Å². The number of aromatic nitrogens is 2. The van der Waals surface area contributed by atoms with Crippen molar-refractivity contribution in [2.75, 3.05) is 0 Å². The fourth-order valence-corrected chi connectivity index (χ4v) is 5.53. The fraction of sp³-hybridized carbons (Fsp3) is 0.346. The number of hydrogen-bond acceptors (Lipinski definition) is 3. The maximum absolute atomic E-state index is 14.6. The van der Waals surface area contributed by atoms with Gasteiger partial charge in [0.25, 0.3) is 5.91 Å². The number of hydrogen-bond donors (Lipinski definition) is 1. The third-order valence-electron chi connectivity index (χ3n) is 6.96. The maximum atomic E-state index is 14.6.